The molecule has 0 aliphatic carbocycles. The molecule has 0 amide bonds. The first-order valence-corrected chi connectivity index (χ1v) is 9.75. The quantitative estimate of drug-likeness (QED) is 0.362. The van der Waals surface area contributed by atoms with Gasteiger partial charge in [-0.25, -0.2) is 0 Å². The molecule has 0 saturated carbocycles. The molecule has 0 radical (unpaired) electrons. The van der Waals surface area contributed by atoms with E-state index < -0.39 is 0 Å². The van der Waals surface area contributed by atoms with E-state index in [-0.39, 0.29) is 0 Å². The van der Waals surface area contributed by atoms with E-state index >= 15 is 0 Å². The first kappa shape index (κ1) is 17.1. The van der Waals surface area contributed by atoms with Crippen molar-refractivity contribution in [1.82, 2.24) is 0 Å². The summed E-state index contributed by atoms with van der Waals surface area (Å²) in [5.41, 5.74) is 1.98. The van der Waals surface area contributed by atoms with Gasteiger partial charge in [-0.1, -0.05) is 52.4 Å². The lowest BCUT2D eigenvalue weighted by Gasteiger charge is -1.95. The van der Waals surface area contributed by atoms with Gasteiger partial charge in [-0.05, 0) is 37.1 Å². The SMILES string of the molecule is CCCCCCc1cc2cc3oc(CCCCCC)cc3cc2o1. The van der Waals surface area contributed by atoms with E-state index in [4.69, 9.17) is 8.83 Å². The van der Waals surface area contributed by atoms with Crippen LogP contribution in [0.15, 0.2) is 33.1 Å². The van der Waals surface area contributed by atoms with Gasteiger partial charge >= 0.3 is 0 Å². The maximum absolute atomic E-state index is 6.04. The third-order valence-corrected chi connectivity index (χ3v) is 4.81. The number of aryl methyl sites for hydroxylation is 2. The van der Waals surface area contributed by atoms with Crippen LogP contribution < -0.4 is 0 Å². The Balaban J connectivity index is 1.68. The minimum Gasteiger partial charge on any atom is -0.461 e. The molecule has 0 unspecified atom stereocenters. The molecule has 0 spiro atoms. The predicted molar refractivity (Wildman–Crippen MR) is 102 cm³/mol. The third kappa shape index (κ3) is 4.23. The first-order chi connectivity index (χ1) is 11.8. The van der Waals surface area contributed by atoms with Gasteiger partial charge in [-0.3, -0.25) is 0 Å². The zero-order chi connectivity index (χ0) is 16.8. The van der Waals surface area contributed by atoms with Crippen LogP contribution in [0.3, 0.4) is 0 Å². The second kappa shape index (κ2) is 8.41. The zero-order valence-corrected chi connectivity index (χ0v) is 15.2. The van der Waals surface area contributed by atoms with Crippen LogP contribution in [0, 0.1) is 0 Å². The highest BCUT2D eigenvalue weighted by atomic mass is 16.3. The Morgan fingerprint density at radius 2 is 1.04 bits per heavy atom. The minimum atomic E-state index is 0.992. The van der Waals surface area contributed by atoms with E-state index in [0.717, 1.165) is 35.5 Å². The highest BCUT2D eigenvalue weighted by Crippen LogP contribution is 2.29. The molecule has 0 aliphatic heterocycles. The minimum absolute atomic E-state index is 0.992. The standard InChI is InChI=1S/C22H30O2/c1-3-5-7-9-11-19-13-17-15-22-18(16-21(17)23-19)14-20(24-22)12-10-8-6-4-2/h13-16H,3-12H2,1-2H3. The molecule has 130 valence electrons. The summed E-state index contributed by atoms with van der Waals surface area (Å²) < 4.78 is 12.1. The van der Waals surface area contributed by atoms with Crippen LogP contribution in [0.1, 0.15) is 76.7 Å². The summed E-state index contributed by atoms with van der Waals surface area (Å²) in [5.74, 6) is 2.21. The molecule has 3 aromatic rings. The summed E-state index contributed by atoms with van der Waals surface area (Å²) in [7, 11) is 0. The van der Waals surface area contributed by atoms with Crippen LogP contribution in [-0.2, 0) is 12.8 Å². The predicted octanol–water partition coefficient (Wildman–Crippen LogP) is 7.42. The molecule has 0 bridgehead atoms. The molecule has 24 heavy (non-hydrogen) atoms. The summed E-state index contributed by atoms with van der Waals surface area (Å²) in [4.78, 5) is 0. The fraction of sp³-hybridized carbons (Fsp3) is 0.545. The zero-order valence-electron chi connectivity index (χ0n) is 15.2. The van der Waals surface area contributed by atoms with Gasteiger partial charge in [0.1, 0.15) is 22.7 Å². The number of fused-ring (bicyclic) bond motifs is 2. The van der Waals surface area contributed by atoms with Crippen LogP contribution in [-0.4, -0.2) is 0 Å². The Morgan fingerprint density at radius 1 is 0.583 bits per heavy atom. The van der Waals surface area contributed by atoms with Crippen molar-refractivity contribution in [1.29, 1.82) is 0 Å². The maximum Gasteiger partial charge on any atom is 0.135 e. The maximum atomic E-state index is 6.04. The molecule has 3 rings (SSSR count). The van der Waals surface area contributed by atoms with Gasteiger partial charge in [0.2, 0.25) is 0 Å². The molecule has 0 atom stereocenters. The Morgan fingerprint density at radius 3 is 1.46 bits per heavy atom. The lowest BCUT2D eigenvalue weighted by Crippen LogP contribution is -1.82. The highest BCUT2D eigenvalue weighted by molar-refractivity contribution is 5.93. The van der Waals surface area contributed by atoms with Gasteiger partial charge in [0.25, 0.3) is 0 Å². The van der Waals surface area contributed by atoms with Crippen LogP contribution in [0.5, 0.6) is 0 Å². The monoisotopic (exact) mass is 326 g/mol. The van der Waals surface area contributed by atoms with Gasteiger partial charge in [-0.2, -0.15) is 0 Å². The Kier molecular flexibility index (Phi) is 6.01. The second-order valence-electron chi connectivity index (χ2n) is 6.97. The van der Waals surface area contributed by atoms with E-state index in [1.54, 1.807) is 0 Å². The van der Waals surface area contributed by atoms with E-state index in [1.165, 1.54) is 62.1 Å². The van der Waals surface area contributed by atoms with E-state index in [1.807, 2.05) is 0 Å². The van der Waals surface area contributed by atoms with Gasteiger partial charge in [0.15, 0.2) is 0 Å². The molecule has 0 saturated heterocycles. The Labute approximate surface area is 145 Å². The van der Waals surface area contributed by atoms with Crippen LogP contribution in [0.25, 0.3) is 21.9 Å². The lowest BCUT2D eigenvalue weighted by molar-refractivity contribution is 0.525. The van der Waals surface area contributed by atoms with Gasteiger partial charge in [0.05, 0.1) is 0 Å². The molecule has 2 heterocycles. The van der Waals surface area contributed by atoms with Gasteiger partial charge in [0, 0.05) is 23.6 Å². The molecular formula is C22H30O2. The molecule has 0 N–H and O–H groups in total. The van der Waals surface area contributed by atoms with E-state index in [9.17, 15) is 0 Å². The van der Waals surface area contributed by atoms with Gasteiger partial charge in [-0.15, -0.1) is 0 Å². The molecule has 2 aromatic heterocycles. The van der Waals surface area contributed by atoms with Gasteiger partial charge < -0.3 is 8.83 Å². The fourth-order valence-corrected chi connectivity index (χ4v) is 3.38. The molecular weight excluding hydrogens is 296 g/mol. The van der Waals surface area contributed by atoms with Crippen molar-refractivity contribution < 1.29 is 8.83 Å². The van der Waals surface area contributed by atoms with Crippen LogP contribution in [0.2, 0.25) is 0 Å². The summed E-state index contributed by atoms with van der Waals surface area (Å²) in [6.45, 7) is 4.49. The smallest absolute Gasteiger partial charge is 0.135 e. The number of unbranched alkanes of at least 4 members (excludes halogenated alkanes) is 6. The summed E-state index contributed by atoms with van der Waals surface area (Å²) in [6.07, 6.45) is 12.3. The Hall–Kier alpha value is -1.70. The molecule has 1 aromatic carbocycles. The fourth-order valence-electron chi connectivity index (χ4n) is 3.38. The average Bonchev–Trinajstić information content (AvgIpc) is 3.15. The number of benzene rings is 1. The second-order valence-corrected chi connectivity index (χ2v) is 6.97. The number of rotatable bonds is 10. The van der Waals surface area contributed by atoms with Crippen molar-refractivity contribution in [2.24, 2.45) is 0 Å². The van der Waals surface area contributed by atoms with Crippen molar-refractivity contribution in [2.45, 2.75) is 78.1 Å². The van der Waals surface area contributed by atoms with Crippen molar-refractivity contribution in [3.8, 4) is 0 Å². The molecule has 0 fully saturated rings. The summed E-state index contributed by atoms with van der Waals surface area (Å²) in [5, 5.41) is 2.33. The van der Waals surface area contributed by atoms with Crippen LogP contribution in [0.4, 0.5) is 0 Å². The number of hydrogen-bond acceptors (Lipinski definition) is 2. The summed E-state index contributed by atoms with van der Waals surface area (Å²) in [6, 6.07) is 8.65. The normalized spacial score (nSPS) is 11.8. The highest BCUT2D eigenvalue weighted by Gasteiger charge is 2.09. The first-order valence-electron chi connectivity index (χ1n) is 9.75. The van der Waals surface area contributed by atoms with Crippen molar-refractivity contribution in [2.75, 3.05) is 0 Å². The van der Waals surface area contributed by atoms with Crippen molar-refractivity contribution in [3.63, 3.8) is 0 Å². The molecule has 2 heteroatoms. The number of hydrogen-bond donors (Lipinski definition) is 0. The summed E-state index contributed by atoms with van der Waals surface area (Å²) >= 11 is 0. The topological polar surface area (TPSA) is 26.3 Å². The van der Waals surface area contributed by atoms with E-state index in [2.05, 4.69) is 38.1 Å². The third-order valence-electron chi connectivity index (χ3n) is 4.81. The molecule has 0 aliphatic rings. The van der Waals surface area contributed by atoms with Crippen molar-refractivity contribution in [3.05, 3.63) is 35.8 Å². The van der Waals surface area contributed by atoms with Crippen LogP contribution >= 0.6 is 0 Å². The lowest BCUT2D eigenvalue weighted by atomic mass is 10.1. The molecule has 2 nitrogen and oxygen atoms in total. The average molecular weight is 326 g/mol. The number of furan rings is 2. The Bertz CT molecular complexity index is 650. The van der Waals surface area contributed by atoms with Crippen molar-refractivity contribution >= 4 is 21.9 Å². The largest absolute Gasteiger partial charge is 0.461 e. The van der Waals surface area contributed by atoms with E-state index in [0.29, 0.717) is 0 Å².